The Balaban J connectivity index is 2.08. The molecule has 35 heavy (non-hydrogen) atoms. The van der Waals surface area contributed by atoms with Gasteiger partial charge >= 0.3 is 0 Å². The zero-order valence-electron chi connectivity index (χ0n) is 20.0. The van der Waals surface area contributed by atoms with Crippen LogP contribution in [0.5, 0.6) is 5.75 Å². The molecule has 0 aliphatic carbocycles. The lowest BCUT2D eigenvalue weighted by atomic mass is 9.73. The van der Waals surface area contributed by atoms with Gasteiger partial charge in [0, 0.05) is 24.7 Å². The molecule has 4 amide bonds. The molecule has 1 aromatic carbocycles. The lowest BCUT2D eigenvalue weighted by molar-refractivity contribution is -0.137. The SMILES string of the molecule is B[C@H]1C(=O)NC(C(=O)NCC(=O)NCCCCCF)Cc2ccc(cc2)OCCC[C@@H]1C(=O)NO. The number of hydrogen-bond acceptors (Lipinski definition) is 6. The number of carbonyl (C=O) groups excluding carboxylic acids is 4. The molecule has 0 aromatic heterocycles. The first-order valence-corrected chi connectivity index (χ1v) is 11.9. The molecule has 12 heteroatoms. The third kappa shape index (κ3) is 9.55. The van der Waals surface area contributed by atoms with Gasteiger partial charge in [0.2, 0.25) is 23.6 Å². The average Bonchev–Trinajstić information content (AvgIpc) is 2.86. The Hall–Kier alpha value is -3.15. The molecule has 10 nitrogen and oxygen atoms in total. The number of rotatable bonds is 9. The Morgan fingerprint density at radius 2 is 1.86 bits per heavy atom. The van der Waals surface area contributed by atoms with Crippen LogP contribution in [-0.2, 0) is 25.6 Å². The van der Waals surface area contributed by atoms with E-state index in [2.05, 4.69) is 16.0 Å². The molecule has 2 aliphatic rings. The number of fused-ring (bicyclic) bond motifs is 11. The van der Waals surface area contributed by atoms with Gasteiger partial charge in [-0.3, -0.25) is 28.8 Å². The number of alkyl halides is 1. The van der Waals surface area contributed by atoms with Crippen molar-refractivity contribution in [3.63, 3.8) is 0 Å². The molecule has 1 aromatic rings. The number of hydrogen-bond donors (Lipinski definition) is 5. The summed E-state index contributed by atoms with van der Waals surface area (Å²) in [6.45, 7) is 0.0596. The molecule has 0 radical (unpaired) electrons. The van der Waals surface area contributed by atoms with Crippen LogP contribution >= 0.6 is 0 Å². The second kappa shape index (κ2) is 15.0. The van der Waals surface area contributed by atoms with E-state index in [9.17, 15) is 23.6 Å². The van der Waals surface area contributed by atoms with Crippen molar-refractivity contribution < 1.29 is 33.5 Å². The van der Waals surface area contributed by atoms with Gasteiger partial charge in [-0.05, 0) is 49.8 Å². The van der Waals surface area contributed by atoms with Crippen LogP contribution in [0.3, 0.4) is 0 Å². The Kier molecular flexibility index (Phi) is 12.0. The van der Waals surface area contributed by atoms with Gasteiger partial charge in [-0.1, -0.05) is 12.1 Å². The van der Waals surface area contributed by atoms with E-state index in [1.807, 2.05) is 0 Å². The quantitative estimate of drug-likeness (QED) is 0.140. The van der Waals surface area contributed by atoms with Crippen LogP contribution < -0.4 is 26.2 Å². The minimum Gasteiger partial charge on any atom is -0.494 e. The van der Waals surface area contributed by atoms with Crippen LogP contribution in [0.15, 0.2) is 24.3 Å². The van der Waals surface area contributed by atoms with Crippen molar-refractivity contribution in [3.05, 3.63) is 29.8 Å². The molecule has 2 aliphatic heterocycles. The maximum absolute atomic E-state index is 13.0. The van der Waals surface area contributed by atoms with E-state index in [0.29, 0.717) is 51.0 Å². The summed E-state index contributed by atoms with van der Waals surface area (Å²) >= 11 is 0. The lowest BCUT2D eigenvalue weighted by Gasteiger charge is -2.25. The maximum Gasteiger partial charge on any atom is 0.246 e. The van der Waals surface area contributed by atoms with Crippen molar-refractivity contribution in [1.29, 1.82) is 0 Å². The number of hydroxylamine groups is 1. The second-order valence-corrected chi connectivity index (χ2v) is 8.59. The van der Waals surface area contributed by atoms with Gasteiger partial charge in [0.25, 0.3) is 0 Å². The van der Waals surface area contributed by atoms with E-state index in [4.69, 9.17) is 9.94 Å². The van der Waals surface area contributed by atoms with Gasteiger partial charge in [0.05, 0.1) is 19.8 Å². The first-order chi connectivity index (χ1) is 16.8. The van der Waals surface area contributed by atoms with Crippen molar-refractivity contribution in [2.24, 2.45) is 5.92 Å². The zero-order chi connectivity index (χ0) is 25.6. The summed E-state index contributed by atoms with van der Waals surface area (Å²) in [5, 5.41) is 17.0. The van der Waals surface area contributed by atoms with Gasteiger partial charge in [0.15, 0.2) is 0 Å². The summed E-state index contributed by atoms with van der Waals surface area (Å²) < 4.78 is 17.8. The summed E-state index contributed by atoms with van der Waals surface area (Å²) in [4.78, 5) is 50.1. The number of ether oxygens (including phenoxy) is 1. The second-order valence-electron chi connectivity index (χ2n) is 8.59. The Morgan fingerprint density at radius 1 is 1.11 bits per heavy atom. The van der Waals surface area contributed by atoms with Crippen LogP contribution in [0.1, 0.15) is 37.7 Å². The average molecular weight is 492 g/mol. The molecule has 192 valence electrons. The highest BCUT2D eigenvalue weighted by molar-refractivity contribution is 6.25. The van der Waals surface area contributed by atoms with Gasteiger partial charge in [-0.2, -0.15) is 0 Å². The summed E-state index contributed by atoms with van der Waals surface area (Å²) in [6, 6.07) is 6.12. The van der Waals surface area contributed by atoms with Gasteiger partial charge in [0.1, 0.15) is 19.6 Å². The van der Waals surface area contributed by atoms with Crippen molar-refractivity contribution in [3.8, 4) is 5.75 Å². The molecule has 0 saturated carbocycles. The highest BCUT2D eigenvalue weighted by Gasteiger charge is 2.32. The number of amides is 4. The Bertz CT molecular complexity index is 857. The third-order valence-corrected chi connectivity index (χ3v) is 5.94. The molecule has 3 rings (SSSR count). The Labute approximate surface area is 205 Å². The van der Waals surface area contributed by atoms with Crippen LogP contribution in [0.25, 0.3) is 0 Å². The monoisotopic (exact) mass is 492 g/mol. The number of benzene rings is 1. The highest BCUT2D eigenvalue weighted by atomic mass is 19.1. The van der Waals surface area contributed by atoms with Gasteiger partial charge in [-0.25, -0.2) is 5.48 Å². The van der Waals surface area contributed by atoms with Crippen molar-refractivity contribution >= 4 is 31.5 Å². The van der Waals surface area contributed by atoms with Crippen molar-refractivity contribution in [1.82, 2.24) is 21.4 Å². The van der Waals surface area contributed by atoms with E-state index in [1.165, 1.54) is 0 Å². The molecular weight excluding hydrogens is 458 g/mol. The summed E-state index contributed by atoms with van der Waals surface area (Å²) in [6.07, 6.45) is 2.68. The van der Waals surface area contributed by atoms with Crippen LogP contribution in [0, 0.1) is 5.92 Å². The molecule has 1 unspecified atom stereocenters. The predicted octanol–water partition coefficient (Wildman–Crippen LogP) is -0.198. The first kappa shape index (κ1) is 28.1. The molecule has 2 bridgehead atoms. The summed E-state index contributed by atoms with van der Waals surface area (Å²) in [5.74, 6) is -3.16. The van der Waals surface area contributed by atoms with Crippen molar-refractivity contribution in [2.75, 3.05) is 26.4 Å². The minimum absolute atomic E-state index is 0.159. The normalized spacial score (nSPS) is 20.6. The van der Waals surface area contributed by atoms with Crippen LogP contribution in [0.2, 0.25) is 5.82 Å². The predicted molar refractivity (Wildman–Crippen MR) is 128 cm³/mol. The molecule has 0 fully saturated rings. The van der Waals surface area contributed by atoms with E-state index in [-0.39, 0.29) is 18.9 Å². The molecule has 2 heterocycles. The highest BCUT2D eigenvalue weighted by Crippen LogP contribution is 2.23. The fraction of sp³-hybridized carbons (Fsp3) is 0.565. The van der Waals surface area contributed by atoms with Crippen molar-refractivity contribution in [2.45, 2.75) is 50.4 Å². The first-order valence-electron chi connectivity index (χ1n) is 11.9. The van der Waals surface area contributed by atoms with E-state index >= 15 is 0 Å². The molecule has 0 saturated heterocycles. The molecule has 0 spiro atoms. The molecule has 3 atom stereocenters. The maximum atomic E-state index is 13.0. The van der Waals surface area contributed by atoms with Gasteiger partial charge in [-0.15, -0.1) is 0 Å². The third-order valence-electron chi connectivity index (χ3n) is 5.94. The summed E-state index contributed by atoms with van der Waals surface area (Å²) in [7, 11) is 1.56. The zero-order valence-corrected chi connectivity index (χ0v) is 20.0. The van der Waals surface area contributed by atoms with E-state index in [0.717, 1.165) is 5.56 Å². The summed E-state index contributed by atoms with van der Waals surface area (Å²) in [5.41, 5.74) is 2.38. The lowest BCUT2D eigenvalue weighted by Crippen LogP contribution is -2.51. The molecule has 5 N–H and O–H groups in total. The van der Waals surface area contributed by atoms with Crippen LogP contribution in [0.4, 0.5) is 4.39 Å². The fourth-order valence-corrected chi connectivity index (χ4v) is 3.81. The van der Waals surface area contributed by atoms with Crippen LogP contribution in [-0.4, -0.2) is 69.1 Å². The number of halogens is 1. The smallest absolute Gasteiger partial charge is 0.246 e. The fourth-order valence-electron chi connectivity index (χ4n) is 3.81. The molecular formula is C23H34BFN4O6. The Morgan fingerprint density at radius 3 is 2.54 bits per heavy atom. The number of unbranched alkanes of at least 4 members (excludes halogenated alkanes) is 2. The van der Waals surface area contributed by atoms with Gasteiger partial charge < -0.3 is 20.7 Å². The standard InChI is InChI=1S/C23H34BFN4O6/c24-20-17(21(31)29-34)5-4-12-35-16-8-6-15(7-9-16)13-18(28-23(20)33)22(32)27-14-19(30)26-11-3-1-2-10-25/h6-9,17-18,20,34H,1-5,10-14,24H2,(H,26,30)(H,27,32)(H,28,33)(H,29,31)/t17-,18?,20+/m0/s1. The largest absolute Gasteiger partial charge is 0.494 e. The minimum atomic E-state index is -0.991. The number of carbonyl (C=O) groups is 4. The van der Waals surface area contributed by atoms with E-state index in [1.54, 1.807) is 37.6 Å². The van der Waals surface area contributed by atoms with E-state index < -0.39 is 42.2 Å². The topological polar surface area (TPSA) is 146 Å². The number of nitrogens with one attached hydrogen (secondary N) is 4.